The summed E-state index contributed by atoms with van der Waals surface area (Å²) in [5, 5.41) is 2.55. The molecule has 0 spiro atoms. The molecule has 1 aliphatic rings. The molecule has 90 valence electrons. The van der Waals surface area contributed by atoms with Crippen molar-refractivity contribution in [3.05, 3.63) is 12.7 Å². The van der Waals surface area contributed by atoms with Crippen molar-refractivity contribution >= 4 is 11.8 Å². The summed E-state index contributed by atoms with van der Waals surface area (Å²) in [5.41, 5.74) is 0. The molecule has 1 aliphatic heterocycles. The van der Waals surface area contributed by atoms with E-state index < -0.39 is 0 Å². The lowest BCUT2D eigenvalue weighted by molar-refractivity contribution is -0.130. The molecule has 0 radical (unpaired) electrons. The van der Waals surface area contributed by atoms with E-state index in [0.29, 0.717) is 32.7 Å². The van der Waals surface area contributed by atoms with Gasteiger partial charge in [0.25, 0.3) is 0 Å². The van der Waals surface area contributed by atoms with Crippen molar-refractivity contribution in [3.8, 4) is 0 Å². The van der Waals surface area contributed by atoms with Gasteiger partial charge in [-0.2, -0.15) is 0 Å². The van der Waals surface area contributed by atoms with Crippen LogP contribution < -0.4 is 5.32 Å². The second-order valence-electron chi connectivity index (χ2n) is 3.60. The van der Waals surface area contributed by atoms with E-state index in [-0.39, 0.29) is 18.4 Å². The average molecular weight is 226 g/mol. The molecule has 1 N–H and O–H groups in total. The summed E-state index contributed by atoms with van der Waals surface area (Å²) in [4.78, 5) is 24.2. The quantitative estimate of drug-likeness (QED) is 0.509. The minimum atomic E-state index is -0.0663. The van der Waals surface area contributed by atoms with Crippen LogP contribution in [-0.4, -0.2) is 49.6 Å². The van der Waals surface area contributed by atoms with Crippen molar-refractivity contribution in [3.63, 3.8) is 0 Å². The van der Waals surface area contributed by atoms with Crippen molar-refractivity contribution in [1.82, 2.24) is 10.2 Å². The smallest absolute Gasteiger partial charge is 0.242 e. The zero-order valence-electron chi connectivity index (χ0n) is 9.41. The third-order valence-electron chi connectivity index (χ3n) is 2.37. The molecule has 1 heterocycles. The lowest BCUT2D eigenvalue weighted by atomic mass is 10.4. The van der Waals surface area contributed by atoms with Gasteiger partial charge in [-0.05, 0) is 6.42 Å². The maximum Gasteiger partial charge on any atom is 0.242 e. The number of nitrogens with zero attached hydrogens (tertiary/aromatic N) is 1. The highest BCUT2D eigenvalue weighted by Crippen LogP contribution is 1.98. The van der Waals surface area contributed by atoms with Gasteiger partial charge in [0, 0.05) is 19.5 Å². The van der Waals surface area contributed by atoms with Crippen LogP contribution in [0.3, 0.4) is 0 Å². The fraction of sp³-hybridized carbons (Fsp3) is 0.636. The third-order valence-corrected chi connectivity index (χ3v) is 2.37. The standard InChI is InChI=1S/C11H18N2O3/c1-2-3-7-16-8-6-13-5-4-10(14)12-9-11(13)15/h2H,1,3-9H2,(H,12,14). The first-order valence-corrected chi connectivity index (χ1v) is 5.47. The van der Waals surface area contributed by atoms with Crippen LogP contribution in [0.25, 0.3) is 0 Å². The maximum absolute atomic E-state index is 11.5. The Hall–Kier alpha value is -1.36. The molecule has 0 aromatic carbocycles. The van der Waals surface area contributed by atoms with Gasteiger partial charge in [0.05, 0.1) is 19.8 Å². The monoisotopic (exact) mass is 226 g/mol. The van der Waals surface area contributed by atoms with Crippen LogP contribution in [-0.2, 0) is 14.3 Å². The number of hydrogen-bond acceptors (Lipinski definition) is 3. The van der Waals surface area contributed by atoms with Crippen molar-refractivity contribution in [2.75, 3.05) is 32.8 Å². The van der Waals surface area contributed by atoms with Gasteiger partial charge in [-0.25, -0.2) is 0 Å². The van der Waals surface area contributed by atoms with Crippen molar-refractivity contribution in [2.45, 2.75) is 12.8 Å². The first-order chi connectivity index (χ1) is 7.74. The summed E-state index contributed by atoms with van der Waals surface area (Å²) in [6.07, 6.45) is 2.98. The van der Waals surface area contributed by atoms with E-state index in [9.17, 15) is 9.59 Å². The summed E-state index contributed by atoms with van der Waals surface area (Å²) in [5.74, 6) is -0.110. The molecule has 1 saturated heterocycles. The number of ether oxygens (including phenoxy) is 1. The van der Waals surface area contributed by atoms with Gasteiger partial charge in [0.2, 0.25) is 11.8 Å². The highest BCUT2D eigenvalue weighted by molar-refractivity contribution is 5.87. The number of rotatable bonds is 6. The molecule has 2 amide bonds. The SMILES string of the molecule is C=CCCOCCN1CCC(=O)NCC1=O. The maximum atomic E-state index is 11.5. The normalized spacial score (nSPS) is 16.9. The average Bonchev–Trinajstić information content (AvgIpc) is 2.43. The molecule has 0 unspecified atom stereocenters. The Morgan fingerprint density at radius 3 is 3.00 bits per heavy atom. The first-order valence-electron chi connectivity index (χ1n) is 5.47. The van der Waals surface area contributed by atoms with E-state index in [2.05, 4.69) is 11.9 Å². The van der Waals surface area contributed by atoms with E-state index >= 15 is 0 Å². The Morgan fingerprint density at radius 1 is 1.44 bits per heavy atom. The van der Waals surface area contributed by atoms with E-state index in [1.807, 2.05) is 0 Å². The van der Waals surface area contributed by atoms with Crippen LogP contribution in [0.1, 0.15) is 12.8 Å². The Morgan fingerprint density at radius 2 is 2.25 bits per heavy atom. The molecule has 0 aliphatic carbocycles. The lowest BCUT2D eigenvalue weighted by Gasteiger charge is -2.19. The Kier molecular flexibility index (Phi) is 5.56. The molecule has 0 aromatic rings. The molecule has 0 aromatic heterocycles. The van der Waals surface area contributed by atoms with Crippen LogP contribution in [0.15, 0.2) is 12.7 Å². The first kappa shape index (κ1) is 12.7. The second-order valence-corrected chi connectivity index (χ2v) is 3.60. The molecular formula is C11H18N2O3. The van der Waals surface area contributed by atoms with Crippen LogP contribution in [0.2, 0.25) is 0 Å². The van der Waals surface area contributed by atoms with Crippen molar-refractivity contribution in [1.29, 1.82) is 0 Å². The number of amides is 2. The van der Waals surface area contributed by atoms with Gasteiger partial charge in [-0.15, -0.1) is 6.58 Å². The van der Waals surface area contributed by atoms with E-state index in [1.54, 1.807) is 11.0 Å². The zero-order valence-corrected chi connectivity index (χ0v) is 9.41. The van der Waals surface area contributed by atoms with E-state index in [0.717, 1.165) is 6.42 Å². The molecule has 0 bridgehead atoms. The number of hydrogen-bond donors (Lipinski definition) is 1. The van der Waals surface area contributed by atoms with Crippen LogP contribution in [0.5, 0.6) is 0 Å². The summed E-state index contributed by atoms with van der Waals surface area (Å²) in [7, 11) is 0. The predicted octanol–water partition coefficient (Wildman–Crippen LogP) is -0.0724. The fourth-order valence-electron chi connectivity index (χ4n) is 1.42. The van der Waals surface area contributed by atoms with E-state index in [1.165, 1.54) is 0 Å². The zero-order chi connectivity index (χ0) is 11.8. The van der Waals surface area contributed by atoms with Gasteiger partial charge >= 0.3 is 0 Å². The molecule has 1 fully saturated rings. The summed E-state index contributed by atoms with van der Waals surface area (Å²) >= 11 is 0. The molecule has 5 heteroatoms. The minimum Gasteiger partial charge on any atom is -0.379 e. The van der Waals surface area contributed by atoms with Gasteiger partial charge in [-0.1, -0.05) is 6.08 Å². The predicted molar refractivity (Wildman–Crippen MR) is 59.8 cm³/mol. The van der Waals surface area contributed by atoms with Crippen LogP contribution >= 0.6 is 0 Å². The van der Waals surface area contributed by atoms with Gasteiger partial charge in [-0.3, -0.25) is 9.59 Å². The molecule has 1 rings (SSSR count). The van der Waals surface area contributed by atoms with E-state index in [4.69, 9.17) is 4.74 Å². The lowest BCUT2D eigenvalue weighted by Crippen LogP contribution is -2.37. The molecular weight excluding hydrogens is 208 g/mol. The molecule has 5 nitrogen and oxygen atoms in total. The summed E-state index contributed by atoms with van der Waals surface area (Å²) in [6.45, 7) is 5.86. The summed E-state index contributed by atoms with van der Waals surface area (Å²) in [6, 6.07) is 0. The Bertz CT molecular complexity index is 266. The fourth-order valence-corrected chi connectivity index (χ4v) is 1.42. The minimum absolute atomic E-state index is 0.0434. The second kappa shape index (κ2) is 7.00. The van der Waals surface area contributed by atoms with Gasteiger partial charge in [0.1, 0.15) is 0 Å². The highest BCUT2D eigenvalue weighted by atomic mass is 16.5. The van der Waals surface area contributed by atoms with Crippen LogP contribution in [0.4, 0.5) is 0 Å². The van der Waals surface area contributed by atoms with Crippen LogP contribution in [0, 0.1) is 0 Å². The Balaban J connectivity index is 2.21. The largest absolute Gasteiger partial charge is 0.379 e. The van der Waals surface area contributed by atoms with Crippen molar-refractivity contribution < 1.29 is 14.3 Å². The number of carbonyl (C=O) groups is 2. The Labute approximate surface area is 95.4 Å². The summed E-state index contributed by atoms with van der Waals surface area (Å²) < 4.78 is 5.32. The number of carbonyl (C=O) groups excluding carboxylic acids is 2. The highest BCUT2D eigenvalue weighted by Gasteiger charge is 2.19. The number of nitrogens with one attached hydrogen (secondary N) is 1. The molecule has 0 atom stereocenters. The topological polar surface area (TPSA) is 58.6 Å². The molecule has 16 heavy (non-hydrogen) atoms. The molecule has 0 saturated carbocycles. The van der Waals surface area contributed by atoms with Gasteiger partial charge < -0.3 is 15.0 Å². The van der Waals surface area contributed by atoms with Crippen molar-refractivity contribution in [2.24, 2.45) is 0 Å². The third kappa shape index (κ3) is 4.44. The van der Waals surface area contributed by atoms with Gasteiger partial charge in [0.15, 0.2) is 0 Å².